The molecule has 5 nitrogen and oxygen atoms in total. The van der Waals surface area contributed by atoms with Crippen molar-refractivity contribution in [1.82, 2.24) is 5.32 Å². The molecule has 0 aliphatic heterocycles. The number of ether oxygens (including phenoxy) is 2. The number of benzene rings is 1. The van der Waals surface area contributed by atoms with Crippen molar-refractivity contribution >= 4 is 11.6 Å². The summed E-state index contributed by atoms with van der Waals surface area (Å²) in [5.74, 6) is 2.87. The summed E-state index contributed by atoms with van der Waals surface area (Å²) in [6.45, 7) is 7.86. The van der Waals surface area contributed by atoms with Gasteiger partial charge in [-0.25, -0.2) is 0 Å². The Morgan fingerprint density at radius 1 is 1.29 bits per heavy atom. The predicted octanol–water partition coefficient (Wildman–Crippen LogP) is 3.13. The van der Waals surface area contributed by atoms with Crippen LogP contribution in [0.3, 0.4) is 0 Å². The van der Waals surface area contributed by atoms with Crippen LogP contribution in [0.15, 0.2) is 23.2 Å². The summed E-state index contributed by atoms with van der Waals surface area (Å²) in [5, 5.41) is 6.54. The van der Waals surface area contributed by atoms with Gasteiger partial charge < -0.3 is 20.1 Å². The van der Waals surface area contributed by atoms with Crippen LogP contribution in [0.2, 0.25) is 0 Å². The third-order valence-corrected chi connectivity index (χ3v) is 2.96. The number of nitrogens with one attached hydrogen (secondary N) is 2. The second-order valence-electron chi connectivity index (χ2n) is 5.11. The SMILES string of the molecule is CCOc1ccc(NC(=NC)NCCC(C)C)cc1OC. The molecule has 0 atom stereocenters. The lowest BCUT2D eigenvalue weighted by atomic mass is 10.1. The molecule has 0 saturated heterocycles. The van der Waals surface area contributed by atoms with Crippen molar-refractivity contribution in [3.8, 4) is 11.5 Å². The third-order valence-electron chi connectivity index (χ3n) is 2.96. The predicted molar refractivity (Wildman–Crippen MR) is 88.6 cm³/mol. The van der Waals surface area contributed by atoms with Gasteiger partial charge >= 0.3 is 0 Å². The molecule has 118 valence electrons. The molecule has 0 fully saturated rings. The summed E-state index contributed by atoms with van der Waals surface area (Å²) in [7, 11) is 3.40. The topological polar surface area (TPSA) is 54.9 Å². The lowest BCUT2D eigenvalue weighted by Gasteiger charge is -2.15. The van der Waals surface area contributed by atoms with Crippen LogP contribution in [0.5, 0.6) is 11.5 Å². The van der Waals surface area contributed by atoms with Gasteiger partial charge in [0.1, 0.15) is 0 Å². The Hall–Kier alpha value is -1.91. The van der Waals surface area contributed by atoms with Crippen LogP contribution < -0.4 is 20.1 Å². The maximum absolute atomic E-state index is 5.51. The number of hydrogen-bond acceptors (Lipinski definition) is 3. The van der Waals surface area contributed by atoms with Crippen molar-refractivity contribution in [3.63, 3.8) is 0 Å². The zero-order valence-corrected chi connectivity index (χ0v) is 13.7. The van der Waals surface area contributed by atoms with Gasteiger partial charge in [-0.15, -0.1) is 0 Å². The largest absolute Gasteiger partial charge is 0.493 e. The molecule has 0 aromatic heterocycles. The Morgan fingerprint density at radius 2 is 2.05 bits per heavy atom. The molecule has 1 aromatic rings. The van der Waals surface area contributed by atoms with E-state index in [0.717, 1.165) is 30.4 Å². The van der Waals surface area contributed by atoms with E-state index in [1.54, 1.807) is 14.2 Å². The molecular weight excluding hydrogens is 266 g/mol. The average molecular weight is 293 g/mol. The number of nitrogens with zero attached hydrogens (tertiary/aromatic N) is 1. The highest BCUT2D eigenvalue weighted by atomic mass is 16.5. The Kier molecular flexibility index (Phi) is 7.43. The zero-order valence-electron chi connectivity index (χ0n) is 13.7. The van der Waals surface area contributed by atoms with Gasteiger partial charge in [-0.1, -0.05) is 13.8 Å². The number of guanidine groups is 1. The van der Waals surface area contributed by atoms with Gasteiger partial charge in [0.25, 0.3) is 0 Å². The van der Waals surface area contributed by atoms with Crippen LogP contribution in [-0.4, -0.2) is 33.3 Å². The molecule has 2 N–H and O–H groups in total. The molecule has 21 heavy (non-hydrogen) atoms. The molecule has 0 aliphatic rings. The maximum Gasteiger partial charge on any atom is 0.195 e. The van der Waals surface area contributed by atoms with Crippen LogP contribution in [0.25, 0.3) is 0 Å². The van der Waals surface area contributed by atoms with E-state index in [2.05, 4.69) is 29.5 Å². The number of hydrogen-bond donors (Lipinski definition) is 2. The van der Waals surface area contributed by atoms with Gasteiger partial charge in [-0.3, -0.25) is 4.99 Å². The van der Waals surface area contributed by atoms with E-state index < -0.39 is 0 Å². The quantitative estimate of drug-likeness (QED) is 0.599. The molecular formula is C16H27N3O2. The van der Waals surface area contributed by atoms with Crippen molar-refractivity contribution < 1.29 is 9.47 Å². The zero-order chi connectivity index (χ0) is 15.7. The fourth-order valence-electron chi connectivity index (χ4n) is 1.82. The highest BCUT2D eigenvalue weighted by Gasteiger charge is 2.06. The molecule has 0 radical (unpaired) electrons. The minimum atomic E-state index is 0.613. The van der Waals surface area contributed by atoms with Crippen molar-refractivity contribution in [2.75, 3.05) is 32.6 Å². The van der Waals surface area contributed by atoms with Crippen LogP contribution >= 0.6 is 0 Å². The van der Waals surface area contributed by atoms with Gasteiger partial charge in [-0.2, -0.15) is 0 Å². The van der Waals surface area contributed by atoms with Crippen LogP contribution in [0.4, 0.5) is 5.69 Å². The van der Waals surface area contributed by atoms with Crippen molar-refractivity contribution in [3.05, 3.63) is 18.2 Å². The first-order valence-electron chi connectivity index (χ1n) is 7.39. The standard InChI is InChI=1S/C16H27N3O2/c1-6-21-14-8-7-13(11-15(14)20-5)19-16(17-4)18-10-9-12(2)3/h7-8,11-12H,6,9-10H2,1-5H3,(H2,17,18,19). The van der Waals surface area contributed by atoms with Gasteiger partial charge in [0, 0.05) is 25.3 Å². The number of rotatable bonds is 7. The van der Waals surface area contributed by atoms with E-state index in [1.165, 1.54) is 0 Å². The van der Waals surface area contributed by atoms with E-state index in [9.17, 15) is 0 Å². The van der Waals surface area contributed by atoms with Crippen LogP contribution in [-0.2, 0) is 0 Å². The second kappa shape index (κ2) is 9.10. The Balaban J connectivity index is 2.68. The monoisotopic (exact) mass is 293 g/mol. The molecule has 0 unspecified atom stereocenters. The molecule has 0 saturated carbocycles. The molecule has 0 heterocycles. The Bertz CT molecular complexity index is 459. The Morgan fingerprint density at radius 3 is 2.62 bits per heavy atom. The Labute approximate surface area is 127 Å². The summed E-state index contributed by atoms with van der Waals surface area (Å²) in [6.07, 6.45) is 1.10. The number of aliphatic imine (C=N–C) groups is 1. The highest BCUT2D eigenvalue weighted by molar-refractivity contribution is 5.93. The summed E-state index contributed by atoms with van der Waals surface area (Å²) in [5.41, 5.74) is 0.910. The van der Waals surface area contributed by atoms with E-state index in [4.69, 9.17) is 9.47 Å². The normalized spacial score (nSPS) is 11.4. The minimum absolute atomic E-state index is 0.613. The third kappa shape index (κ3) is 5.94. The molecule has 1 aromatic carbocycles. The van der Waals surface area contributed by atoms with Gasteiger partial charge in [0.15, 0.2) is 17.5 Å². The van der Waals surface area contributed by atoms with Crippen molar-refractivity contribution in [2.45, 2.75) is 27.2 Å². The molecule has 0 amide bonds. The fourth-order valence-corrected chi connectivity index (χ4v) is 1.82. The number of methoxy groups -OCH3 is 1. The summed E-state index contributed by atoms with van der Waals surface area (Å²) in [4.78, 5) is 4.22. The van der Waals surface area contributed by atoms with Crippen molar-refractivity contribution in [2.24, 2.45) is 10.9 Å². The first-order valence-corrected chi connectivity index (χ1v) is 7.39. The maximum atomic E-state index is 5.51. The van der Waals surface area contributed by atoms with Crippen LogP contribution in [0, 0.1) is 5.92 Å². The van der Waals surface area contributed by atoms with E-state index >= 15 is 0 Å². The second-order valence-corrected chi connectivity index (χ2v) is 5.11. The smallest absolute Gasteiger partial charge is 0.195 e. The van der Waals surface area contributed by atoms with Gasteiger partial charge in [-0.05, 0) is 31.4 Å². The lowest BCUT2D eigenvalue weighted by molar-refractivity contribution is 0.311. The minimum Gasteiger partial charge on any atom is -0.493 e. The van der Waals surface area contributed by atoms with Crippen LogP contribution in [0.1, 0.15) is 27.2 Å². The molecule has 1 rings (SSSR count). The van der Waals surface area contributed by atoms with E-state index in [0.29, 0.717) is 18.3 Å². The average Bonchev–Trinajstić information content (AvgIpc) is 2.47. The first-order chi connectivity index (χ1) is 10.1. The summed E-state index contributed by atoms with van der Waals surface area (Å²) in [6, 6.07) is 5.75. The molecule has 0 spiro atoms. The highest BCUT2D eigenvalue weighted by Crippen LogP contribution is 2.30. The molecule has 0 aliphatic carbocycles. The summed E-state index contributed by atoms with van der Waals surface area (Å²) >= 11 is 0. The van der Waals surface area contributed by atoms with E-state index in [1.807, 2.05) is 25.1 Å². The molecule has 0 bridgehead atoms. The fraction of sp³-hybridized carbons (Fsp3) is 0.562. The number of anilines is 1. The molecule has 5 heteroatoms. The first kappa shape index (κ1) is 17.1. The van der Waals surface area contributed by atoms with Crippen molar-refractivity contribution in [1.29, 1.82) is 0 Å². The van der Waals surface area contributed by atoms with Gasteiger partial charge in [0.05, 0.1) is 13.7 Å². The van der Waals surface area contributed by atoms with E-state index in [-0.39, 0.29) is 0 Å². The lowest BCUT2D eigenvalue weighted by Crippen LogP contribution is -2.31. The summed E-state index contributed by atoms with van der Waals surface area (Å²) < 4.78 is 10.8. The van der Waals surface area contributed by atoms with Gasteiger partial charge in [0.2, 0.25) is 0 Å².